The van der Waals surface area contributed by atoms with Gasteiger partial charge in [0.15, 0.2) is 0 Å². The molecular weight excluding hydrogens is 323 g/mol. The summed E-state index contributed by atoms with van der Waals surface area (Å²) in [6, 6.07) is 13.5. The number of ether oxygens (including phenoxy) is 1. The van der Waals surface area contributed by atoms with Crippen LogP contribution in [0.25, 0.3) is 0 Å². The van der Waals surface area contributed by atoms with E-state index in [1.165, 1.54) is 12.1 Å². The fraction of sp³-hybridized carbons (Fsp3) is 0.167. The van der Waals surface area contributed by atoms with Crippen molar-refractivity contribution in [2.45, 2.75) is 13.0 Å². The van der Waals surface area contributed by atoms with Gasteiger partial charge in [-0.25, -0.2) is 4.39 Å². The van der Waals surface area contributed by atoms with Crippen molar-refractivity contribution in [1.82, 2.24) is 15.2 Å². The fourth-order valence-electron chi connectivity index (χ4n) is 2.38. The molecular formula is C18H17FN4O2. The Kier molecular flexibility index (Phi) is 5.03. The van der Waals surface area contributed by atoms with Crippen molar-refractivity contribution in [3.05, 3.63) is 81.5 Å². The molecule has 2 N–H and O–H groups in total. The number of rotatable bonds is 6. The highest BCUT2D eigenvalue weighted by atomic mass is 19.1. The van der Waals surface area contributed by atoms with E-state index in [4.69, 9.17) is 4.74 Å². The number of nitrogens with zero attached hydrogens (tertiary/aromatic N) is 2. The molecule has 0 aliphatic carbocycles. The topological polar surface area (TPSA) is 79.9 Å². The Morgan fingerprint density at radius 2 is 1.88 bits per heavy atom. The molecule has 0 atom stereocenters. The Balaban J connectivity index is 1.69. The van der Waals surface area contributed by atoms with Crippen molar-refractivity contribution in [2.75, 3.05) is 12.4 Å². The molecule has 2 aromatic carbocycles. The van der Waals surface area contributed by atoms with Gasteiger partial charge in [0, 0.05) is 18.5 Å². The van der Waals surface area contributed by atoms with Gasteiger partial charge in [-0.05, 0) is 23.8 Å². The van der Waals surface area contributed by atoms with Gasteiger partial charge in [-0.1, -0.05) is 30.3 Å². The molecule has 3 rings (SSSR count). The number of nitrogens with one attached hydrogen (secondary N) is 2. The van der Waals surface area contributed by atoms with E-state index in [0.29, 0.717) is 6.54 Å². The zero-order valence-corrected chi connectivity index (χ0v) is 13.6. The first kappa shape index (κ1) is 16.6. The van der Waals surface area contributed by atoms with Crippen molar-refractivity contribution < 1.29 is 9.13 Å². The Hall–Kier alpha value is -3.22. The molecule has 0 bridgehead atoms. The number of para-hydroxylation sites is 1. The lowest BCUT2D eigenvalue weighted by molar-refractivity contribution is 0.410. The van der Waals surface area contributed by atoms with Crippen LogP contribution in [-0.4, -0.2) is 22.3 Å². The van der Waals surface area contributed by atoms with E-state index in [9.17, 15) is 9.18 Å². The molecule has 0 amide bonds. The van der Waals surface area contributed by atoms with E-state index in [0.717, 1.165) is 16.9 Å². The highest BCUT2D eigenvalue weighted by Gasteiger charge is 2.07. The van der Waals surface area contributed by atoms with Crippen LogP contribution in [-0.2, 0) is 13.0 Å². The van der Waals surface area contributed by atoms with Gasteiger partial charge in [-0.2, -0.15) is 0 Å². The zero-order valence-electron chi connectivity index (χ0n) is 13.6. The molecule has 6 nitrogen and oxygen atoms in total. The largest absolute Gasteiger partial charge is 0.496 e. The molecule has 0 saturated heterocycles. The standard InChI is InChI=1S/C18H17FN4O2/c1-25-16-5-3-2-4-13(16)11-20-18-21-17(24)15(22-23-18)10-12-6-8-14(19)9-7-12/h2-9H,10-11H2,1H3,(H2,20,21,23,24). The molecule has 0 radical (unpaired) electrons. The minimum Gasteiger partial charge on any atom is -0.496 e. The number of hydrogen-bond donors (Lipinski definition) is 2. The first-order valence-corrected chi connectivity index (χ1v) is 7.72. The van der Waals surface area contributed by atoms with Crippen LogP contribution in [0.4, 0.5) is 10.3 Å². The van der Waals surface area contributed by atoms with Gasteiger partial charge in [0.1, 0.15) is 17.3 Å². The molecule has 0 spiro atoms. The number of anilines is 1. The lowest BCUT2D eigenvalue weighted by atomic mass is 10.1. The second kappa shape index (κ2) is 7.57. The van der Waals surface area contributed by atoms with Crippen LogP contribution in [0.1, 0.15) is 16.8 Å². The average molecular weight is 340 g/mol. The average Bonchev–Trinajstić information content (AvgIpc) is 2.64. The molecule has 25 heavy (non-hydrogen) atoms. The van der Waals surface area contributed by atoms with Crippen molar-refractivity contribution in [2.24, 2.45) is 0 Å². The van der Waals surface area contributed by atoms with Gasteiger partial charge in [-0.15, -0.1) is 10.2 Å². The van der Waals surface area contributed by atoms with Crippen LogP contribution in [0.5, 0.6) is 5.75 Å². The summed E-state index contributed by atoms with van der Waals surface area (Å²) in [7, 11) is 1.60. The minimum absolute atomic E-state index is 0.273. The first-order chi connectivity index (χ1) is 12.2. The second-order valence-corrected chi connectivity index (χ2v) is 5.42. The minimum atomic E-state index is -0.332. The highest BCUT2D eigenvalue weighted by molar-refractivity contribution is 5.36. The highest BCUT2D eigenvalue weighted by Crippen LogP contribution is 2.17. The number of hydrogen-bond acceptors (Lipinski definition) is 5. The lowest BCUT2D eigenvalue weighted by Crippen LogP contribution is -2.19. The number of H-pyrrole nitrogens is 1. The van der Waals surface area contributed by atoms with Gasteiger partial charge in [0.25, 0.3) is 5.56 Å². The molecule has 0 fully saturated rings. The summed E-state index contributed by atoms with van der Waals surface area (Å²) in [5.41, 5.74) is 1.66. The predicted octanol–water partition coefficient (Wildman–Crippen LogP) is 2.52. The summed E-state index contributed by atoms with van der Waals surface area (Å²) in [4.78, 5) is 14.8. The van der Waals surface area contributed by atoms with Gasteiger partial charge in [0.05, 0.1) is 7.11 Å². The lowest BCUT2D eigenvalue weighted by Gasteiger charge is -2.09. The van der Waals surface area contributed by atoms with Crippen LogP contribution < -0.4 is 15.6 Å². The van der Waals surface area contributed by atoms with Crippen LogP contribution in [0.3, 0.4) is 0 Å². The summed E-state index contributed by atoms with van der Waals surface area (Å²) in [6.45, 7) is 0.436. The molecule has 0 saturated carbocycles. The maximum Gasteiger partial charge on any atom is 0.274 e. The fourth-order valence-corrected chi connectivity index (χ4v) is 2.38. The van der Waals surface area contributed by atoms with E-state index in [1.807, 2.05) is 24.3 Å². The van der Waals surface area contributed by atoms with Crippen molar-refractivity contribution in [1.29, 1.82) is 0 Å². The number of aromatic amines is 1. The number of methoxy groups -OCH3 is 1. The first-order valence-electron chi connectivity index (χ1n) is 7.72. The van der Waals surface area contributed by atoms with Crippen LogP contribution >= 0.6 is 0 Å². The predicted molar refractivity (Wildman–Crippen MR) is 92.2 cm³/mol. The molecule has 7 heteroatoms. The summed E-state index contributed by atoms with van der Waals surface area (Å²) in [6.07, 6.45) is 0.287. The number of halogens is 1. The van der Waals surface area contributed by atoms with Gasteiger partial charge in [0.2, 0.25) is 5.95 Å². The normalized spacial score (nSPS) is 10.5. The SMILES string of the molecule is COc1ccccc1CNc1nnc(Cc2ccc(F)cc2)c(=O)[nH]1. The van der Waals surface area contributed by atoms with Crippen LogP contribution in [0, 0.1) is 5.82 Å². The van der Waals surface area contributed by atoms with Crippen LogP contribution in [0.15, 0.2) is 53.3 Å². The van der Waals surface area contributed by atoms with Crippen molar-refractivity contribution in [3.63, 3.8) is 0 Å². The zero-order chi connectivity index (χ0) is 17.6. The smallest absolute Gasteiger partial charge is 0.274 e. The van der Waals surface area contributed by atoms with Crippen molar-refractivity contribution >= 4 is 5.95 Å². The number of aromatic nitrogens is 3. The van der Waals surface area contributed by atoms with E-state index in [2.05, 4.69) is 20.5 Å². The van der Waals surface area contributed by atoms with Crippen LogP contribution in [0.2, 0.25) is 0 Å². The Bertz CT molecular complexity index is 909. The van der Waals surface area contributed by atoms with Crippen molar-refractivity contribution in [3.8, 4) is 5.75 Å². The third-order valence-electron chi connectivity index (χ3n) is 3.69. The molecule has 3 aromatic rings. The summed E-state index contributed by atoms with van der Waals surface area (Å²) in [5, 5.41) is 11.0. The monoisotopic (exact) mass is 340 g/mol. The Morgan fingerprint density at radius 3 is 2.60 bits per heavy atom. The summed E-state index contributed by atoms with van der Waals surface area (Å²) in [5.74, 6) is 0.705. The third kappa shape index (κ3) is 4.20. The molecule has 0 unspecified atom stereocenters. The van der Waals surface area contributed by atoms with Gasteiger partial charge >= 0.3 is 0 Å². The summed E-state index contributed by atoms with van der Waals surface area (Å²) >= 11 is 0. The van der Waals surface area contributed by atoms with E-state index in [-0.39, 0.29) is 29.4 Å². The van der Waals surface area contributed by atoms with Gasteiger partial charge < -0.3 is 10.1 Å². The molecule has 1 aromatic heterocycles. The maximum atomic E-state index is 12.9. The Morgan fingerprint density at radius 1 is 1.12 bits per heavy atom. The molecule has 0 aliphatic heterocycles. The maximum absolute atomic E-state index is 12.9. The number of benzene rings is 2. The Labute approximate surface area is 143 Å². The molecule has 128 valence electrons. The molecule has 1 heterocycles. The molecule has 0 aliphatic rings. The quantitative estimate of drug-likeness (QED) is 0.721. The van der Waals surface area contributed by atoms with E-state index >= 15 is 0 Å². The second-order valence-electron chi connectivity index (χ2n) is 5.42. The van der Waals surface area contributed by atoms with Gasteiger partial charge in [-0.3, -0.25) is 9.78 Å². The summed E-state index contributed by atoms with van der Waals surface area (Å²) < 4.78 is 18.2. The third-order valence-corrected chi connectivity index (χ3v) is 3.69. The van der Waals surface area contributed by atoms with E-state index < -0.39 is 0 Å². The van der Waals surface area contributed by atoms with E-state index in [1.54, 1.807) is 19.2 Å².